The van der Waals surface area contributed by atoms with Gasteiger partial charge in [-0.1, -0.05) is 30.3 Å². The lowest BCUT2D eigenvalue weighted by atomic mass is 10.1. The quantitative estimate of drug-likeness (QED) is 0.426. The van der Waals surface area contributed by atoms with Crippen molar-refractivity contribution in [3.8, 4) is 11.6 Å². The Morgan fingerprint density at radius 2 is 1.70 bits per heavy atom. The van der Waals surface area contributed by atoms with Gasteiger partial charge in [-0.25, -0.2) is 9.38 Å². The van der Waals surface area contributed by atoms with Gasteiger partial charge in [-0.05, 0) is 42.8 Å². The van der Waals surface area contributed by atoms with Crippen LogP contribution >= 0.6 is 0 Å². The Morgan fingerprint density at radius 1 is 0.909 bits per heavy atom. The van der Waals surface area contributed by atoms with Gasteiger partial charge in [0, 0.05) is 37.1 Å². The third-order valence-corrected chi connectivity index (χ3v) is 6.20. The van der Waals surface area contributed by atoms with Crippen molar-refractivity contribution in [2.45, 2.75) is 6.92 Å². The first-order valence-electron chi connectivity index (χ1n) is 11.0. The Morgan fingerprint density at radius 3 is 2.48 bits per heavy atom. The molecule has 3 aromatic heterocycles. The van der Waals surface area contributed by atoms with Crippen LogP contribution in [0.3, 0.4) is 0 Å². The molecule has 4 heterocycles. The molecule has 0 bridgehead atoms. The minimum absolute atomic E-state index is 0.0740. The van der Waals surface area contributed by atoms with Crippen LogP contribution in [-0.4, -0.2) is 56.6 Å². The Bertz CT molecular complexity index is 1470. The zero-order valence-corrected chi connectivity index (χ0v) is 18.2. The number of rotatable bonds is 3. The molecule has 1 aliphatic rings. The number of nitrogens with zero attached hydrogens (tertiary/aromatic N) is 6. The fraction of sp³-hybridized carbons (Fsp3) is 0.200. The van der Waals surface area contributed by atoms with Gasteiger partial charge in [0.15, 0.2) is 11.4 Å². The minimum Gasteiger partial charge on any atom is -0.461 e. The highest BCUT2D eigenvalue weighted by molar-refractivity contribution is 5.96. The molecule has 33 heavy (non-hydrogen) atoms. The summed E-state index contributed by atoms with van der Waals surface area (Å²) < 4.78 is 7.58. The van der Waals surface area contributed by atoms with Crippen molar-refractivity contribution < 1.29 is 9.21 Å². The van der Waals surface area contributed by atoms with Crippen LogP contribution in [0.5, 0.6) is 0 Å². The molecular weight excluding hydrogens is 416 g/mol. The lowest BCUT2D eigenvalue weighted by Gasteiger charge is -2.35. The first kappa shape index (κ1) is 19.5. The second-order valence-corrected chi connectivity index (χ2v) is 8.18. The highest BCUT2D eigenvalue weighted by atomic mass is 16.3. The number of hydrogen-bond donors (Lipinski definition) is 0. The third kappa shape index (κ3) is 3.22. The fourth-order valence-corrected chi connectivity index (χ4v) is 4.44. The standard InChI is InChI=1S/C25H22N6O2/c1-17-7-2-3-8-18(17)24(32)29-12-14-30(15-13-29)25-26-20-10-5-4-9-19(20)22-27-28-23(31(22)25)21-11-6-16-33-21/h2-11,16H,12-15H2,1H3. The average Bonchev–Trinajstić information content (AvgIpc) is 3.54. The van der Waals surface area contributed by atoms with E-state index >= 15 is 0 Å². The number of para-hydroxylation sites is 1. The van der Waals surface area contributed by atoms with Crippen molar-refractivity contribution in [1.29, 1.82) is 0 Å². The van der Waals surface area contributed by atoms with Gasteiger partial charge in [0.05, 0.1) is 11.8 Å². The normalized spacial score (nSPS) is 14.3. The van der Waals surface area contributed by atoms with Crippen LogP contribution < -0.4 is 4.90 Å². The van der Waals surface area contributed by atoms with Crippen LogP contribution in [0.25, 0.3) is 28.1 Å². The van der Waals surface area contributed by atoms with Crippen LogP contribution in [-0.2, 0) is 0 Å². The Labute approximate surface area is 190 Å². The summed E-state index contributed by atoms with van der Waals surface area (Å²) in [5, 5.41) is 9.83. The summed E-state index contributed by atoms with van der Waals surface area (Å²) in [5.41, 5.74) is 3.35. The molecule has 0 unspecified atom stereocenters. The molecule has 1 amide bonds. The number of hydrogen-bond acceptors (Lipinski definition) is 6. The number of fused-ring (bicyclic) bond motifs is 3. The van der Waals surface area contributed by atoms with E-state index in [1.807, 2.05) is 76.9 Å². The maximum atomic E-state index is 13.1. The van der Waals surface area contributed by atoms with Crippen molar-refractivity contribution in [3.05, 3.63) is 78.1 Å². The summed E-state index contributed by atoms with van der Waals surface area (Å²) in [7, 11) is 0. The summed E-state index contributed by atoms with van der Waals surface area (Å²) in [6.07, 6.45) is 1.63. The van der Waals surface area contributed by atoms with Gasteiger partial charge in [-0.15, -0.1) is 10.2 Å². The van der Waals surface area contributed by atoms with E-state index in [0.717, 1.165) is 33.6 Å². The number of anilines is 1. The van der Waals surface area contributed by atoms with E-state index in [9.17, 15) is 4.79 Å². The van der Waals surface area contributed by atoms with Gasteiger partial charge in [0.25, 0.3) is 5.91 Å². The molecule has 8 heteroatoms. The molecule has 1 saturated heterocycles. The van der Waals surface area contributed by atoms with Crippen LogP contribution in [0, 0.1) is 6.92 Å². The molecule has 1 fully saturated rings. The largest absolute Gasteiger partial charge is 0.461 e. The number of carbonyl (C=O) groups is 1. The Kier molecular flexibility index (Phi) is 4.57. The van der Waals surface area contributed by atoms with E-state index in [2.05, 4.69) is 15.1 Å². The number of amides is 1. The second kappa shape index (κ2) is 7.74. The van der Waals surface area contributed by atoms with Gasteiger partial charge < -0.3 is 14.2 Å². The fourth-order valence-electron chi connectivity index (χ4n) is 4.44. The molecule has 164 valence electrons. The number of piperazine rings is 1. The van der Waals surface area contributed by atoms with Crippen molar-refractivity contribution in [1.82, 2.24) is 24.5 Å². The molecular formula is C25H22N6O2. The average molecular weight is 438 g/mol. The number of carbonyl (C=O) groups excluding carboxylic acids is 1. The van der Waals surface area contributed by atoms with Gasteiger partial charge in [0.2, 0.25) is 11.8 Å². The third-order valence-electron chi connectivity index (χ3n) is 6.20. The molecule has 1 aliphatic heterocycles. The van der Waals surface area contributed by atoms with E-state index in [-0.39, 0.29) is 5.91 Å². The summed E-state index contributed by atoms with van der Waals surface area (Å²) in [5.74, 6) is 2.07. The molecule has 0 aliphatic carbocycles. The van der Waals surface area contributed by atoms with Crippen LogP contribution in [0.1, 0.15) is 15.9 Å². The van der Waals surface area contributed by atoms with E-state index in [1.165, 1.54) is 0 Å². The predicted molar refractivity (Wildman–Crippen MR) is 125 cm³/mol. The SMILES string of the molecule is Cc1ccccc1C(=O)N1CCN(c2nc3ccccc3c3nnc(-c4ccco4)n23)CC1. The number of aromatic nitrogens is 4. The first-order valence-corrected chi connectivity index (χ1v) is 11.0. The molecule has 0 N–H and O–H groups in total. The van der Waals surface area contributed by atoms with Crippen LogP contribution in [0.2, 0.25) is 0 Å². The van der Waals surface area contributed by atoms with Crippen molar-refractivity contribution in [3.63, 3.8) is 0 Å². The zero-order chi connectivity index (χ0) is 22.4. The molecule has 0 saturated carbocycles. The molecule has 8 nitrogen and oxygen atoms in total. The maximum Gasteiger partial charge on any atom is 0.254 e. The molecule has 5 aromatic rings. The minimum atomic E-state index is 0.0740. The van der Waals surface area contributed by atoms with Crippen molar-refractivity contribution in [2.75, 3.05) is 31.1 Å². The number of aryl methyl sites for hydroxylation is 1. The number of furan rings is 1. The molecule has 0 spiro atoms. The summed E-state index contributed by atoms with van der Waals surface area (Å²) in [4.78, 5) is 22.2. The van der Waals surface area contributed by atoms with E-state index < -0.39 is 0 Å². The molecule has 0 atom stereocenters. The van der Waals surface area contributed by atoms with Gasteiger partial charge >= 0.3 is 0 Å². The molecule has 2 aromatic carbocycles. The highest BCUT2D eigenvalue weighted by Crippen LogP contribution is 2.29. The monoisotopic (exact) mass is 438 g/mol. The summed E-state index contributed by atoms with van der Waals surface area (Å²) in [6.45, 7) is 4.52. The smallest absolute Gasteiger partial charge is 0.254 e. The predicted octanol–water partition coefficient (Wildman–Crippen LogP) is 3.81. The van der Waals surface area contributed by atoms with Crippen molar-refractivity contribution >= 4 is 28.4 Å². The summed E-state index contributed by atoms with van der Waals surface area (Å²) >= 11 is 0. The lowest BCUT2D eigenvalue weighted by molar-refractivity contribution is 0.0745. The van der Waals surface area contributed by atoms with E-state index in [0.29, 0.717) is 37.8 Å². The van der Waals surface area contributed by atoms with E-state index in [1.54, 1.807) is 6.26 Å². The lowest BCUT2D eigenvalue weighted by Crippen LogP contribution is -2.49. The Hall–Kier alpha value is -4.20. The topological polar surface area (TPSA) is 79.8 Å². The second-order valence-electron chi connectivity index (χ2n) is 8.18. The van der Waals surface area contributed by atoms with Gasteiger partial charge in [0.1, 0.15) is 0 Å². The summed E-state index contributed by atoms with van der Waals surface area (Å²) in [6, 6.07) is 19.4. The van der Waals surface area contributed by atoms with Gasteiger partial charge in [-0.3, -0.25) is 4.79 Å². The highest BCUT2D eigenvalue weighted by Gasteiger charge is 2.27. The maximum absolute atomic E-state index is 13.1. The van der Waals surface area contributed by atoms with Crippen LogP contribution in [0.15, 0.2) is 71.3 Å². The molecule has 6 rings (SSSR count). The van der Waals surface area contributed by atoms with Crippen molar-refractivity contribution in [2.24, 2.45) is 0 Å². The zero-order valence-electron chi connectivity index (χ0n) is 18.2. The Balaban J connectivity index is 1.37. The van der Waals surface area contributed by atoms with Gasteiger partial charge in [-0.2, -0.15) is 0 Å². The van der Waals surface area contributed by atoms with E-state index in [4.69, 9.17) is 9.40 Å². The first-order chi connectivity index (χ1) is 16.2. The van der Waals surface area contributed by atoms with Crippen LogP contribution in [0.4, 0.5) is 5.95 Å². The number of benzene rings is 2. The molecule has 0 radical (unpaired) electrons.